The maximum absolute atomic E-state index is 13.2. The highest BCUT2D eigenvalue weighted by molar-refractivity contribution is 5.92. The maximum Gasteiger partial charge on any atom is 0.416 e. The van der Waals surface area contributed by atoms with Crippen LogP contribution in [-0.4, -0.2) is 27.2 Å². The van der Waals surface area contributed by atoms with Crippen molar-refractivity contribution in [3.05, 3.63) is 70.5 Å². The number of hydrogen-bond acceptors (Lipinski definition) is 6. The molecule has 0 aliphatic carbocycles. The van der Waals surface area contributed by atoms with E-state index in [0.717, 1.165) is 35.3 Å². The summed E-state index contributed by atoms with van der Waals surface area (Å²) in [5.41, 5.74) is -1.53. The highest BCUT2D eigenvalue weighted by Crippen LogP contribution is 2.37. The third-order valence-electron chi connectivity index (χ3n) is 4.08. The predicted molar refractivity (Wildman–Crippen MR) is 107 cm³/mol. The van der Waals surface area contributed by atoms with Gasteiger partial charge in [-0.2, -0.15) is 18.3 Å². The molecule has 12 heteroatoms. The molecule has 1 heterocycles. The number of amides is 1. The van der Waals surface area contributed by atoms with Crippen LogP contribution < -0.4 is 14.8 Å². The summed E-state index contributed by atoms with van der Waals surface area (Å²) in [5.74, 6) is 0.126. The summed E-state index contributed by atoms with van der Waals surface area (Å²) in [5, 5.41) is 16.7. The Morgan fingerprint density at radius 3 is 2.47 bits per heavy atom. The molecular weight excluding hydrogens is 433 g/mol. The van der Waals surface area contributed by atoms with Crippen LogP contribution in [0.2, 0.25) is 0 Å². The second-order valence-corrected chi connectivity index (χ2v) is 6.42. The first kappa shape index (κ1) is 22.6. The van der Waals surface area contributed by atoms with Gasteiger partial charge in [0.1, 0.15) is 30.4 Å². The zero-order valence-corrected chi connectivity index (χ0v) is 16.6. The Bertz CT molecular complexity index is 1110. The molecule has 0 radical (unpaired) electrons. The summed E-state index contributed by atoms with van der Waals surface area (Å²) in [7, 11) is 0. The van der Waals surface area contributed by atoms with E-state index in [1.165, 1.54) is 0 Å². The number of rotatable bonds is 8. The standard InChI is InChI=1S/C20H17F3N4O5/c1-2-31-15-4-6-16(7-5-15)32-18-8-3-13(20(21,22)23)9-17(18)25-19(28)12-26-11-14(10-24-26)27(29)30/h3-11H,2,12H2,1H3,(H,25,28). The van der Waals surface area contributed by atoms with Crippen LogP contribution in [0.1, 0.15) is 12.5 Å². The summed E-state index contributed by atoms with van der Waals surface area (Å²) in [6.45, 7) is 1.84. The summed E-state index contributed by atoms with van der Waals surface area (Å²) in [6, 6.07) is 9.06. The topological polar surface area (TPSA) is 109 Å². The van der Waals surface area contributed by atoms with Crippen LogP contribution in [0.3, 0.4) is 0 Å². The van der Waals surface area contributed by atoms with Gasteiger partial charge in [0.2, 0.25) is 5.91 Å². The lowest BCUT2D eigenvalue weighted by Gasteiger charge is -2.15. The van der Waals surface area contributed by atoms with Crippen LogP contribution in [0.4, 0.5) is 24.5 Å². The van der Waals surface area contributed by atoms with E-state index in [1.54, 1.807) is 24.3 Å². The number of nitrogens with zero attached hydrogens (tertiary/aromatic N) is 3. The van der Waals surface area contributed by atoms with E-state index in [0.29, 0.717) is 18.1 Å². The number of carbonyl (C=O) groups excluding carboxylic acids is 1. The first-order chi connectivity index (χ1) is 15.2. The van der Waals surface area contributed by atoms with E-state index >= 15 is 0 Å². The Balaban J connectivity index is 1.82. The van der Waals surface area contributed by atoms with Crippen LogP contribution in [0.15, 0.2) is 54.9 Å². The van der Waals surface area contributed by atoms with Gasteiger partial charge < -0.3 is 14.8 Å². The summed E-state index contributed by atoms with van der Waals surface area (Å²) < 4.78 is 51.4. The second kappa shape index (κ2) is 9.37. The fourth-order valence-electron chi connectivity index (χ4n) is 2.66. The molecule has 0 unspecified atom stereocenters. The molecule has 3 aromatic rings. The molecule has 0 saturated heterocycles. The number of aromatic nitrogens is 2. The molecule has 0 bridgehead atoms. The zero-order chi connectivity index (χ0) is 23.3. The Morgan fingerprint density at radius 1 is 1.19 bits per heavy atom. The van der Waals surface area contributed by atoms with Gasteiger partial charge in [-0.1, -0.05) is 0 Å². The Hall–Kier alpha value is -4.09. The van der Waals surface area contributed by atoms with Gasteiger partial charge in [-0.25, -0.2) is 0 Å². The Kier molecular flexibility index (Phi) is 6.61. The molecule has 9 nitrogen and oxygen atoms in total. The molecular formula is C20H17F3N4O5. The average molecular weight is 450 g/mol. The lowest BCUT2D eigenvalue weighted by molar-refractivity contribution is -0.385. The second-order valence-electron chi connectivity index (χ2n) is 6.42. The van der Waals surface area contributed by atoms with E-state index in [9.17, 15) is 28.1 Å². The smallest absolute Gasteiger partial charge is 0.416 e. The minimum absolute atomic E-state index is 0.0260. The summed E-state index contributed by atoms with van der Waals surface area (Å²) in [4.78, 5) is 22.4. The Morgan fingerprint density at radius 2 is 1.88 bits per heavy atom. The average Bonchev–Trinajstić information content (AvgIpc) is 3.19. The molecule has 0 aliphatic rings. The van der Waals surface area contributed by atoms with Crippen molar-refractivity contribution in [3.8, 4) is 17.2 Å². The molecule has 0 atom stereocenters. The van der Waals surface area contributed by atoms with Crippen LogP contribution >= 0.6 is 0 Å². The number of alkyl halides is 3. The molecule has 0 saturated carbocycles. The third-order valence-corrected chi connectivity index (χ3v) is 4.08. The SMILES string of the molecule is CCOc1ccc(Oc2ccc(C(F)(F)F)cc2NC(=O)Cn2cc([N+](=O)[O-])cn2)cc1. The van der Waals surface area contributed by atoms with Gasteiger partial charge in [0, 0.05) is 0 Å². The number of hydrogen-bond donors (Lipinski definition) is 1. The van der Waals surface area contributed by atoms with Crippen molar-refractivity contribution >= 4 is 17.3 Å². The zero-order valence-electron chi connectivity index (χ0n) is 16.6. The molecule has 1 N–H and O–H groups in total. The van der Waals surface area contributed by atoms with Gasteiger partial charge in [-0.15, -0.1) is 0 Å². The molecule has 0 spiro atoms. The van der Waals surface area contributed by atoms with Crippen molar-refractivity contribution in [2.45, 2.75) is 19.6 Å². The quantitative estimate of drug-likeness (QED) is 0.396. The Labute approximate surface area is 179 Å². The van der Waals surface area contributed by atoms with Gasteiger partial charge in [0.05, 0.1) is 22.8 Å². The normalized spacial score (nSPS) is 11.1. The van der Waals surface area contributed by atoms with E-state index in [4.69, 9.17) is 9.47 Å². The van der Waals surface area contributed by atoms with Gasteiger partial charge in [0.15, 0.2) is 5.75 Å². The number of nitrogens with one attached hydrogen (secondary N) is 1. The lowest BCUT2D eigenvalue weighted by Crippen LogP contribution is -2.20. The number of halogens is 3. The number of ether oxygens (including phenoxy) is 2. The molecule has 3 rings (SSSR count). The van der Waals surface area contributed by atoms with Crippen LogP contribution in [-0.2, 0) is 17.5 Å². The summed E-state index contributed by atoms with van der Waals surface area (Å²) >= 11 is 0. The minimum atomic E-state index is -4.64. The van der Waals surface area contributed by atoms with Crippen molar-refractivity contribution < 1.29 is 32.4 Å². The fraction of sp³-hybridized carbons (Fsp3) is 0.200. The number of nitro groups is 1. The number of benzene rings is 2. The third kappa shape index (κ3) is 5.74. The van der Waals surface area contributed by atoms with Crippen LogP contribution in [0, 0.1) is 10.1 Å². The van der Waals surface area contributed by atoms with Crippen molar-refractivity contribution in [1.29, 1.82) is 0 Å². The molecule has 1 aromatic heterocycles. The highest BCUT2D eigenvalue weighted by Gasteiger charge is 2.31. The van der Waals surface area contributed by atoms with Gasteiger partial charge in [-0.05, 0) is 49.4 Å². The van der Waals surface area contributed by atoms with Crippen molar-refractivity contribution in [1.82, 2.24) is 9.78 Å². The van der Waals surface area contributed by atoms with Gasteiger partial charge >= 0.3 is 11.9 Å². The molecule has 2 aromatic carbocycles. The predicted octanol–water partition coefficient (Wildman–Crippen LogP) is 4.64. The van der Waals surface area contributed by atoms with E-state index in [1.807, 2.05) is 6.92 Å². The molecule has 1 amide bonds. The van der Waals surface area contributed by atoms with Crippen molar-refractivity contribution in [2.75, 3.05) is 11.9 Å². The largest absolute Gasteiger partial charge is 0.494 e. The molecule has 32 heavy (non-hydrogen) atoms. The minimum Gasteiger partial charge on any atom is -0.494 e. The molecule has 0 aliphatic heterocycles. The van der Waals surface area contributed by atoms with E-state index < -0.39 is 29.1 Å². The van der Waals surface area contributed by atoms with Gasteiger partial charge in [0.25, 0.3) is 0 Å². The number of anilines is 1. The summed E-state index contributed by atoms with van der Waals surface area (Å²) in [6.07, 6.45) is -2.65. The van der Waals surface area contributed by atoms with E-state index in [-0.39, 0.29) is 17.1 Å². The van der Waals surface area contributed by atoms with Crippen LogP contribution in [0.25, 0.3) is 0 Å². The first-order valence-electron chi connectivity index (χ1n) is 9.24. The molecule has 168 valence electrons. The van der Waals surface area contributed by atoms with Crippen molar-refractivity contribution in [2.24, 2.45) is 0 Å². The fourth-order valence-corrected chi connectivity index (χ4v) is 2.66. The van der Waals surface area contributed by atoms with E-state index in [2.05, 4.69) is 10.4 Å². The maximum atomic E-state index is 13.2. The van der Waals surface area contributed by atoms with Crippen LogP contribution in [0.5, 0.6) is 17.2 Å². The lowest BCUT2D eigenvalue weighted by atomic mass is 10.1. The number of carbonyl (C=O) groups is 1. The first-order valence-corrected chi connectivity index (χ1v) is 9.24. The molecule has 0 fully saturated rings. The van der Waals surface area contributed by atoms with Crippen molar-refractivity contribution in [3.63, 3.8) is 0 Å². The van der Waals surface area contributed by atoms with Gasteiger partial charge in [-0.3, -0.25) is 19.6 Å². The highest BCUT2D eigenvalue weighted by atomic mass is 19.4. The monoisotopic (exact) mass is 450 g/mol.